The standard InChI is InChI=1S/C14H26N2O4/c1-5-14(3,12(17)18)9-15-13(19)16-7-6-10(2)11(8-16)20-4/h10-11H,5-9H2,1-4H3,(H,15,19)(H,17,18). The fourth-order valence-corrected chi connectivity index (χ4v) is 2.26. The second-order valence-electron chi connectivity index (χ2n) is 5.86. The van der Waals surface area contributed by atoms with E-state index in [4.69, 9.17) is 4.74 Å². The van der Waals surface area contributed by atoms with E-state index in [1.54, 1.807) is 18.9 Å². The van der Waals surface area contributed by atoms with E-state index >= 15 is 0 Å². The average molecular weight is 286 g/mol. The Bertz CT molecular complexity index is 361. The summed E-state index contributed by atoms with van der Waals surface area (Å²) >= 11 is 0. The van der Waals surface area contributed by atoms with Crippen LogP contribution in [0, 0.1) is 11.3 Å². The average Bonchev–Trinajstić information content (AvgIpc) is 2.44. The number of likely N-dealkylation sites (tertiary alicyclic amines) is 1. The largest absolute Gasteiger partial charge is 0.481 e. The molecule has 0 aromatic heterocycles. The van der Waals surface area contributed by atoms with Gasteiger partial charge in [-0.1, -0.05) is 13.8 Å². The van der Waals surface area contributed by atoms with Crippen LogP contribution in [0.1, 0.15) is 33.6 Å². The zero-order valence-electron chi connectivity index (χ0n) is 12.8. The molecule has 2 N–H and O–H groups in total. The van der Waals surface area contributed by atoms with Crippen molar-refractivity contribution in [2.45, 2.75) is 39.7 Å². The van der Waals surface area contributed by atoms with Crippen molar-refractivity contribution >= 4 is 12.0 Å². The number of nitrogens with one attached hydrogen (secondary N) is 1. The maximum absolute atomic E-state index is 12.1. The van der Waals surface area contributed by atoms with Crippen molar-refractivity contribution < 1.29 is 19.4 Å². The van der Waals surface area contributed by atoms with E-state index in [9.17, 15) is 14.7 Å². The second-order valence-corrected chi connectivity index (χ2v) is 5.86. The molecular weight excluding hydrogens is 260 g/mol. The Morgan fingerprint density at radius 3 is 2.65 bits per heavy atom. The molecule has 2 amide bonds. The summed E-state index contributed by atoms with van der Waals surface area (Å²) in [4.78, 5) is 25.0. The fraction of sp³-hybridized carbons (Fsp3) is 0.857. The molecule has 1 saturated heterocycles. The fourth-order valence-electron chi connectivity index (χ4n) is 2.26. The number of ether oxygens (including phenoxy) is 1. The van der Waals surface area contributed by atoms with Crippen LogP contribution in [-0.4, -0.2) is 54.9 Å². The van der Waals surface area contributed by atoms with Gasteiger partial charge in [0.25, 0.3) is 0 Å². The molecule has 0 aromatic carbocycles. The normalized spacial score (nSPS) is 25.9. The smallest absolute Gasteiger partial charge is 0.317 e. The van der Waals surface area contributed by atoms with E-state index in [1.165, 1.54) is 0 Å². The molecule has 0 saturated carbocycles. The third-order valence-electron chi connectivity index (χ3n) is 4.41. The number of aliphatic carboxylic acids is 1. The zero-order chi connectivity index (χ0) is 15.3. The number of carboxylic acid groups (broad SMARTS) is 1. The van der Waals surface area contributed by atoms with Crippen LogP contribution in [0.4, 0.5) is 4.79 Å². The van der Waals surface area contributed by atoms with Crippen molar-refractivity contribution in [1.29, 1.82) is 0 Å². The topological polar surface area (TPSA) is 78.9 Å². The van der Waals surface area contributed by atoms with Gasteiger partial charge in [0.1, 0.15) is 0 Å². The van der Waals surface area contributed by atoms with Gasteiger partial charge in [0.15, 0.2) is 0 Å². The number of carboxylic acids is 1. The second kappa shape index (κ2) is 6.92. The van der Waals surface area contributed by atoms with Crippen LogP contribution in [0.5, 0.6) is 0 Å². The molecule has 3 atom stereocenters. The van der Waals surface area contributed by atoms with Gasteiger partial charge >= 0.3 is 12.0 Å². The quantitative estimate of drug-likeness (QED) is 0.804. The Morgan fingerprint density at radius 2 is 2.15 bits per heavy atom. The first-order valence-electron chi connectivity index (χ1n) is 7.13. The maximum atomic E-state index is 12.1. The minimum absolute atomic E-state index is 0.0477. The number of piperidine rings is 1. The number of nitrogens with zero attached hydrogens (tertiary/aromatic N) is 1. The molecule has 1 aliphatic heterocycles. The Morgan fingerprint density at radius 1 is 1.50 bits per heavy atom. The number of carbonyl (C=O) groups is 2. The van der Waals surface area contributed by atoms with Gasteiger partial charge in [-0.05, 0) is 25.7 Å². The van der Waals surface area contributed by atoms with Crippen LogP contribution in [0.25, 0.3) is 0 Å². The first kappa shape index (κ1) is 16.8. The molecule has 1 heterocycles. The highest BCUT2D eigenvalue weighted by Crippen LogP contribution is 2.21. The Balaban J connectivity index is 2.53. The van der Waals surface area contributed by atoms with Gasteiger partial charge in [-0.3, -0.25) is 4.79 Å². The molecule has 3 unspecified atom stereocenters. The van der Waals surface area contributed by atoms with Crippen LogP contribution in [0.15, 0.2) is 0 Å². The van der Waals surface area contributed by atoms with Crippen molar-refractivity contribution in [2.75, 3.05) is 26.7 Å². The van der Waals surface area contributed by atoms with Crippen LogP contribution in [0.2, 0.25) is 0 Å². The molecular formula is C14H26N2O4. The van der Waals surface area contributed by atoms with E-state index in [-0.39, 0.29) is 18.7 Å². The number of hydrogen-bond donors (Lipinski definition) is 2. The van der Waals surface area contributed by atoms with Gasteiger partial charge in [-0.2, -0.15) is 0 Å². The SMILES string of the molecule is CCC(C)(CNC(=O)N1CCC(C)C(OC)C1)C(=O)O. The Labute approximate surface area is 120 Å². The van der Waals surface area contributed by atoms with Gasteiger partial charge in [0.2, 0.25) is 0 Å². The van der Waals surface area contributed by atoms with E-state index in [2.05, 4.69) is 12.2 Å². The van der Waals surface area contributed by atoms with Crippen molar-refractivity contribution in [2.24, 2.45) is 11.3 Å². The van der Waals surface area contributed by atoms with Crippen LogP contribution >= 0.6 is 0 Å². The van der Waals surface area contributed by atoms with Crippen molar-refractivity contribution in [1.82, 2.24) is 10.2 Å². The molecule has 1 fully saturated rings. The Kier molecular flexibility index (Phi) is 5.80. The highest BCUT2D eigenvalue weighted by molar-refractivity contribution is 5.78. The molecule has 0 radical (unpaired) electrons. The molecule has 0 aliphatic carbocycles. The van der Waals surface area contributed by atoms with Crippen molar-refractivity contribution in [3.63, 3.8) is 0 Å². The molecule has 1 aliphatic rings. The lowest BCUT2D eigenvalue weighted by atomic mass is 9.88. The first-order chi connectivity index (χ1) is 9.34. The van der Waals surface area contributed by atoms with Gasteiger partial charge in [-0.15, -0.1) is 0 Å². The number of amides is 2. The highest BCUT2D eigenvalue weighted by atomic mass is 16.5. The van der Waals surface area contributed by atoms with E-state index in [0.717, 1.165) is 6.42 Å². The lowest BCUT2D eigenvalue weighted by Crippen LogP contribution is -2.52. The number of urea groups is 1. The minimum Gasteiger partial charge on any atom is -0.481 e. The lowest BCUT2D eigenvalue weighted by Gasteiger charge is -2.36. The summed E-state index contributed by atoms with van der Waals surface area (Å²) in [5.41, 5.74) is -0.917. The first-order valence-corrected chi connectivity index (χ1v) is 7.13. The summed E-state index contributed by atoms with van der Waals surface area (Å²) in [6.07, 6.45) is 1.42. The highest BCUT2D eigenvalue weighted by Gasteiger charge is 2.33. The zero-order valence-corrected chi connectivity index (χ0v) is 12.8. The van der Waals surface area contributed by atoms with Gasteiger partial charge in [-0.25, -0.2) is 4.79 Å². The summed E-state index contributed by atoms with van der Waals surface area (Å²) < 4.78 is 5.37. The third-order valence-corrected chi connectivity index (χ3v) is 4.41. The molecule has 6 heteroatoms. The summed E-state index contributed by atoms with van der Waals surface area (Å²) in [5.74, 6) is -0.452. The number of methoxy groups -OCH3 is 1. The summed E-state index contributed by atoms with van der Waals surface area (Å²) in [6, 6.07) is -0.208. The van der Waals surface area contributed by atoms with Crippen LogP contribution in [0.3, 0.4) is 0 Å². The maximum Gasteiger partial charge on any atom is 0.317 e. The van der Waals surface area contributed by atoms with Crippen molar-refractivity contribution in [3.05, 3.63) is 0 Å². The van der Waals surface area contributed by atoms with Gasteiger partial charge in [0.05, 0.1) is 11.5 Å². The van der Waals surface area contributed by atoms with E-state index in [1.807, 2.05) is 6.92 Å². The predicted molar refractivity (Wildman–Crippen MR) is 75.6 cm³/mol. The number of carbonyl (C=O) groups excluding carboxylic acids is 1. The third kappa shape index (κ3) is 3.85. The predicted octanol–water partition coefficient (Wildman–Crippen LogP) is 1.55. The monoisotopic (exact) mass is 286 g/mol. The summed E-state index contributed by atoms with van der Waals surface area (Å²) in [5, 5.41) is 11.9. The van der Waals surface area contributed by atoms with E-state index < -0.39 is 11.4 Å². The molecule has 116 valence electrons. The van der Waals surface area contributed by atoms with E-state index in [0.29, 0.717) is 25.4 Å². The van der Waals surface area contributed by atoms with Gasteiger partial charge in [0, 0.05) is 26.7 Å². The molecule has 1 rings (SSSR count). The van der Waals surface area contributed by atoms with Crippen LogP contribution < -0.4 is 5.32 Å². The molecule has 20 heavy (non-hydrogen) atoms. The van der Waals surface area contributed by atoms with Crippen molar-refractivity contribution in [3.8, 4) is 0 Å². The van der Waals surface area contributed by atoms with Gasteiger partial charge < -0.3 is 20.1 Å². The van der Waals surface area contributed by atoms with Crippen LogP contribution in [-0.2, 0) is 9.53 Å². The molecule has 0 bridgehead atoms. The molecule has 0 spiro atoms. The summed E-state index contributed by atoms with van der Waals surface area (Å²) in [6.45, 7) is 6.95. The molecule has 6 nitrogen and oxygen atoms in total. The number of hydrogen-bond acceptors (Lipinski definition) is 3. The number of rotatable bonds is 5. The summed E-state index contributed by atoms with van der Waals surface area (Å²) in [7, 11) is 1.65. The Hall–Kier alpha value is -1.30. The molecule has 0 aromatic rings. The minimum atomic E-state index is -0.917. The lowest BCUT2D eigenvalue weighted by molar-refractivity contribution is -0.147.